The number of hydrogen-bond acceptors (Lipinski definition) is 3. The van der Waals surface area contributed by atoms with Crippen molar-refractivity contribution in [3.8, 4) is 0 Å². The second-order valence-electron chi connectivity index (χ2n) is 4.14. The fraction of sp³-hybridized carbons (Fsp3) is 0.889. The molecule has 2 unspecified atom stereocenters. The molecule has 1 aliphatic carbocycles. The molecular weight excluding hydrogens is 152 g/mol. The van der Waals surface area contributed by atoms with Gasteiger partial charge in [-0.15, -0.1) is 0 Å². The largest absolute Gasteiger partial charge is 0.306 e. The first-order valence-corrected chi connectivity index (χ1v) is 4.52. The van der Waals surface area contributed by atoms with Crippen molar-refractivity contribution in [1.29, 1.82) is 0 Å². The van der Waals surface area contributed by atoms with E-state index >= 15 is 0 Å². The van der Waals surface area contributed by atoms with Crippen LogP contribution in [0, 0.1) is 5.41 Å². The summed E-state index contributed by atoms with van der Waals surface area (Å²) in [5, 5.41) is 0. The quantitative estimate of drug-likeness (QED) is 0.426. The molecule has 2 fully saturated rings. The predicted molar refractivity (Wildman–Crippen MR) is 45.7 cm³/mol. The van der Waals surface area contributed by atoms with Crippen LogP contribution in [-0.4, -0.2) is 37.2 Å². The second-order valence-corrected chi connectivity index (χ2v) is 4.14. The number of piperidine rings is 1. The molecule has 0 bridgehead atoms. The van der Waals surface area contributed by atoms with Crippen LogP contribution in [0.2, 0.25) is 0 Å². The van der Waals surface area contributed by atoms with Crippen LogP contribution in [0.25, 0.3) is 0 Å². The maximum Gasteiger partial charge on any atom is 0.235 e. The Morgan fingerprint density at radius 3 is 3.17 bits per heavy atom. The van der Waals surface area contributed by atoms with Gasteiger partial charge in [-0.1, -0.05) is 0 Å². The van der Waals surface area contributed by atoms with Crippen LogP contribution in [0.3, 0.4) is 0 Å². The van der Waals surface area contributed by atoms with Crippen molar-refractivity contribution >= 4 is 6.08 Å². The first-order chi connectivity index (χ1) is 5.77. The minimum atomic E-state index is 0.290. The maximum absolute atomic E-state index is 10.1. The van der Waals surface area contributed by atoms with Gasteiger partial charge in [-0.2, -0.15) is 0 Å². The minimum Gasteiger partial charge on any atom is -0.306 e. The number of aliphatic imine (C=N–C) groups is 1. The topological polar surface area (TPSA) is 32.7 Å². The van der Waals surface area contributed by atoms with Crippen molar-refractivity contribution < 1.29 is 4.79 Å². The van der Waals surface area contributed by atoms with E-state index in [1.165, 1.54) is 19.4 Å². The highest BCUT2D eigenvalue weighted by molar-refractivity contribution is 5.36. The molecule has 3 nitrogen and oxygen atoms in total. The molecule has 0 amide bonds. The van der Waals surface area contributed by atoms with E-state index in [4.69, 9.17) is 0 Å². The molecular formula is C9H14N2O. The normalized spacial score (nSPS) is 40.9. The van der Waals surface area contributed by atoms with Gasteiger partial charge in [0.2, 0.25) is 6.08 Å². The molecule has 1 saturated heterocycles. The lowest BCUT2D eigenvalue weighted by Crippen LogP contribution is -2.34. The summed E-state index contributed by atoms with van der Waals surface area (Å²) in [6, 6.07) is 0.290. The lowest BCUT2D eigenvalue weighted by molar-refractivity contribution is 0.190. The van der Waals surface area contributed by atoms with Gasteiger partial charge in [0, 0.05) is 12.0 Å². The molecule has 0 radical (unpaired) electrons. The van der Waals surface area contributed by atoms with Crippen molar-refractivity contribution in [2.24, 2.45) is 10.4 Å². The molecule has 1 saturated carbocycles. The molecule has 3 heteroatoms. The van der Waals surface area contributed by atoms with E-state index in [1.54, 1.807) is 6.08 Å². The zero-order chi connectivity index (χ0) is 8.60. The van der Waals surface area contributed by atoms with Crippen LogP contribution in [0.5, 0.6) is 0 Å². The summed E-state index contributed by atoms with van der Waals surface area (Å²) >= 11 is 0. The molecule has 1 heterocycles. The number of carbonyl (C=O) groups excluding carboxylic acids is 1. The summed E-state index contributed by atoms with van der Waals surface area (Å²) in [6.45, 7) is 2.31. The fourth-order valence-electron chi connectivity index (χ4n) is 2.41. The smallest absolute Gasteiger partial charge is 0.235 e. The predicted octanol–water partition coefficient (Wildman–Crippen LogP) is 0.806. The summed E-state index contributed by atoms with van der Waals surface area (Å²) < 4.78 is 0. The van der Waals surface area contributed by atoms with E-state index in [-0.39, 0.29) is 6.04 Å². The number of hydrogen-bond donors (Lipinski definition) is 0. The number of rotatable bonds is 1. The Hall–Kier alpha value is -0.660. The highest BCUT2D eigenvalue weighted by Crippen LogP contribution is 2.53. The Bertz CT molecular complexity index is 235. The van der Waals surface area contributed by atoms with Gasteiger partial charge >= 0.3 is 0 Å². The number of likely N-dealkylation sites (tertiary alicyclic amines) is 1. The van der Waals surface area contributed by atoms with Crippen LogP contribution >= 0.6 is 0 Å². The third-order valence-corrected chi connectivity index (χ3v) is 3.15. The zero-order valence-corrected chi connectivity index (χ0v) is 7.42. The van der Waals surface area contributed by atoms with E-state index in [0.29, 0.717) is 5.41 Å². The highest BCUT2D eigenvalue weighted by Gasteiger charge is 2.55. The lowest BCUT2D eigenvalue weighted by atomic mass is 9.94. The summed E-state index contributed by atoms with van der Waals surface area (Å²) in [7, 11) is 2.14. The van der Waals surface area contributed by atoms with Gasteiger partial charge in [-0.3, -0.25) is 0 Å². The van der Waals surface area contributed by atoms with Gasteiger partial charge in [0.15, 0.2) is 0 Å². The van der Waals surface area contributed by atoms with Crippen molar-refractivity contribution in [2.75, 3.05) is 20.1 Å². The Morgan fingerprint density at radius 2 is 2.50 bits per heavy atom. The van der Waals surface area contributed by atoms with Crippen molar-refractivity contribution in [1.82, 2.24) is 4.90 Å². The van der Waals surface area contributed by atoms with E-state index in [0.717, 1.165) is 13.0 Å². The average molecular weight is 166 g/mol. The summed E-state index contributed by atoms with van der Waals surface area (Å²) in [6.07, 6.45) is 5.27. The fourth-order valence-corrected chi connectivity index (χ4v) is 2.41. The Morgan fingerprint density at radius 1 is 1.67 bits per heavy atom. The highest BCUT2D eigenvalue weighted by atomic mass is 16.1. The third kappa shape index (κ3) is 1.19. The van der Waals surface area contributed by atoms with Crippen LogP contribution in [-0.2, 0) is 4.79 Å². The van der Waals surface area contributed by atoms with Gasteiger partial charge in [-0.05, 0) is 32.9 Å². The molecule has 1 aliphatic heterocycles. The lowest BCUT2D eigenvalue weighted by Gasteiger charge is -2.29. The zero-order valence-electron chi connectivity index (χ0n) is 7.42. The molecule has 2 atom stereocenters. The van der Waals surface area contributed by atoms with Crippen molar-refractivity contribution in [2.45, 2.75) is 25.3 Å². The second kappa shape index (κ2) is 2.68. The van der Waals surface area contributed by atoms with E-state index in [1.807, 2.05) is 0 Å². The van der Waals surface area contributed by atoms with Crippen LogP contribution in [0.4, 0.5) is 0 Å². The molecule has 2 aliphatic rings. The molecule has 2 rings (SSSR count). The van der Waals surface area contributed by atoms with Gasteiger partial charge in [-0.25, -0.2) is 9.79 Å². The molecule has 0 aromatic heterocycles. The van der Waals surface area contributed by atoms with E-state index in [9.17, 15) is 4.79 Å². The molecule has 0 aromatic rings. The van der Waals surface area contributed by atoms with E-state index < -0.39 is 0 Å². The van der Waals surface area contributed by atoms with Crippen molar-refractivity contribution in [3.63, 3.8) is 0 Å². The Kier molecular flexibility index (Phi) is 1.78. The molecule has 1 spiro atoms. The SMILES string of the molecule is CN1CCCC2(CC2N=C=O)C1. The van der Waals surface area contributed by atoms with Crippen molar-refractivity contribution in [3.05, 3.63) is 0 Å². The molecule has 66 valence electrons. The Labute approximate surface area is 72.5 Å². The minimum absolute atomic E-state index is 0.290. The van der Waals surface area contributed by atoms with Crippen LogP contribution < -0.4 is 0 Å². The van der Waals surface area contributed by atoms with Gasteiger partial charge in [0.1, 0.15) is 0 Å². The number of isocyanates is 1. The van der Waals surface area contributed by atoms with Crippen LogP contribution in [0.15, 0.2) is 4.99 Å². The van der Waals surface area contributed by atoms with Gasteiger partial charge < -0.3 is 4.90 Å². The summed E-state index contributed by atoms with van der Waals surface area (Å²) in [4.78, 5) is 16.2. The monoisotopic (exact) mass is 166 g/mol. The van der Waals surface area contributed by atoms with E-state index in [2.05, 4.69) is 16.9 Å². The summed E-state index contributed by atoms with van der Waals surface area (Å²) in [5.74, 6) is 0. The first kappa shape index (κ1) is 7.96. The van der Waals surface area contributed by atoms with Gasteiger partial charge in [0.05, 0.1) is 6.04 Å². The molecule has 12 heavy (non-hydrogen) atoms. The molecule has 0 N–H and O–H groups in total. The van der Waals surface area contributed by atoms with Crippen LogP contribution in [0.1, 0.15) is 19.3 Å². The standard InChI is InChI=1S/C9H14N2O/c1-11-4-2-3-9(6-11)5-8(9)10-7-12/h8H,2-6H2,1H3. The maximum atomic E-state index is 10.1. The average Bonchev–Trinajstić information content (AvgIpc) is 2.63. The molecule has 0 aromatic carbocycles. The first-order valence-electron chi connectivity index (χ1n) is 4.52. The van der Waals surface area contributed by atoms with Gasteiger partial charge in [0.25, 0.3) is 0 Å². The third-order valence-electron chi connectivity index (χ3n) is 3.15. The summed E-state index contributed by atoms with van der Waals surface area (Å²) in [5.41, 5.74) is 0.365. The number of nitrogens with zero attached hydrogens (tertiary/aromatic N) is 2. The Balaban J connectivity index is 2.00.